The first kappa shape index (κ1) is 30.9. The average molecular weight is 645 g/mol. The standard InChI is InChI=1S/C13H9.C13H21.C11H8.2ClH.Zr/c1-3-7-12-10(5-1)9-11-6-2-4-8-13(11)12;1-6-10-8-11(7-2)12(9-10)13(3,4)5;1-9-5-4-7-10-6-2-3-8-11(9)10;;;/h1-5,7-8H,9H2;9-10H,6-7H2,1-5H3;1-8H;2*1H;/q;;;;;+2/p-2. The Labute approximate surface area is 260 Å². The summed E-state index contributed by atoms with van der Waals surface area (Å²) in [6.07, 6.45) is 6.03. The summed E-state index contributed by atoms with van der Waals surface area (Å²) in [5.74, 6) is 0.555. The van der Waals surface area contributed by atoms with Gasteiger partial charge >= 0.3 is 237 Å². The molecule has 0 saturated heterocycles. The van der Waals surface area contributed by atoms with Crippen molar-refractivity contribution in [3.05, 3.63) is 122 Å². The minimum atomic E-state index is -2.53. The molecule has 4 aromatic rings. The molecule has 1 atom stereocenters. The van der Waals surface area contributed by atoms with Gasteiger partial charge in [0.05, 0.1) is 0 Å². The summed E-state index contributed by atoms with van der Waals surface area (Å²) in [5.41, 5.74) is 10.9. The first-order chi connectivity index (χ1) is 18.4. The Bertz CT molecular complexity index is 1640. The van der Waals surface area contributed by atoms with E-state index in [0.717, 1.165) is 12.8 Å². The number of benzene rings is 4. The maximum Gasteiger partial charge on any atom is -1.00 e. The van der Waals surface area contributed by atoms with Gasteiger partial charge in [-0.25, -0.2) is 0 Å². The van der Waals surface area contributed by atoms with E-state index in [0.29, 0.717) is 5.92 Å². The van der Waals surface area contributed by atoms with Gasteiger partial charge in [0, 0.05) is 0 Å². The molecule has 0 heterocycles. The Kier molecular flexibility index (Phi) is 9.61. The van der Waals surface area contributed by atoms with Crippen LogP contribution in [0.1, 0.15) is 64.2 Å². The molecule has 4 aromatic carbocycles. The second kappa shape index (κ2) is 12.4. The summed E-state index contributed by atoms with van der Waals surface area (Å²) in [5, 5.41) is 2.73. The smallest absolute Gasteiger partial charge is 1.00 e. The molecule has 2 aliphatic carbocycles. The van der Waals surface area contributed by atoms with Crippen LogP contribution in [0.2, 0.25) is 0 Å². The molecule has 0 radical (unpaired) electrons. The SMILES string of the molecule is CCC1=[C](/[Zr+2](=[CH]/c2cccc3ccccc23)[c]2cccc3c2Cc2ccccc2-3)C(CC)C=C1C(C)(C)C.[Cl-].[Cl-]. The van der Waals surface area contributed by atoms with Crippen molar-refractivity contribution in [3.8, 4) is 11.1 Å². The Hall–Kier alpha value is -2.05. The molecule has 0 fully saturated rings. The summed E-state index contributed by atoms with van der Waals surface area (Å²) < 4.78 is 6.28. The van der Waals surface area contributed by atoms with Crippen LogP contribution in [-0.2, 0) is 27.7 Å². The van der Waals surface area contributed by atoms with E-state index in [1.165, 1.54) is 39.4 Å². The van der Waals surface area contributed by atoms with Crippen LogP contribution in [0.15, 0.2) is 105 Å². The molecule has 40 heavy (non-hydrogen) atoms. The molecule has 2 aliphatic rings. The fourth-order valence-electron chi connectivity index (χ4n) is 6.76. The Balaban J connectivity index is 0.00000185. The predicted molar refractivity (Wildman–Crippen MR) is 162 cm³/mol. The van der Waals surface area contributed by atoms with E-state index in [-0.39, 0.29) is 30.2 Å². The monoisotopic (exact) mass is 642 g/mol. The van der Waals surface area contributed by atoms with Crippen LogP contribution >= 0.6 is 0 Å². The molecule has 204 valence electrons. The number of allylic oxidation sites excluding steroid dienone is 4. The summed E-state index contributed by atoms with van der Waals surface area (Å²) >= 11 is -2.53. The van der Waals surface area contributed by atoms with Crippen molar-refractivity contribution < 1.29 is 46.1 Å². The molecule has 0 nitrogen and oxygen atoms in total. The maximum atomic E-state index is 2.79. The zero-order valence-corrected chi connectivity index (χ0v) is 28.2. The van der Waals surface area contributed by atoms with Gasteiger partial charge in [0.15, 0.2) is 0 Å². The zero-order valence-electron chi connectivity index (χ0n) is 24.2. The van der Waals surface area contributed by atoms with Crippen LogP contribution in [-0.4, -0.2) is 3.71 Å². The molecule has 6 rings (SSSR count). The molecule has 0 saturated carbocycles. The average Bonchev–Trinajstić information content (AvgIpc) is 3.50. The summed E-state index contributed by atoms with van der Waals surface area (Å²) in [4.78, 5) is 0. The largest absolute Gasteiger partial charge is 1.00 e. The molecule has 0 amide bonds. The summed E-state index contributed by atoms with van der Waals surface area (Å²) in [7, 11) is 0. The number of hydrogen-bond acceptors (Lipinski definition) is 0. The van der Waals surface area contributed by atoms with Crippen LogP contribution in [0.4, 0.5) is 0 Å². The van der Waals surface area contributed by atoms with Crippen LogP contribution in [0.5, 0.6) is 0 Å². The number of hydrogen-bond donors (Lipinski definition) is 0. The molecule has 0 aliphatic heterocycles. The molecule has 0 spiro atoms. The second-order valence-corrected chi connectivity index (χ2v) is 17.3. The third-order valence-corrected chi connectivity index (χ3v) is 15.7. The van der Waals surface area contributed by atoms with Crippen molar-refractivity contribution in [2.75, 3.05) is 0 Å². The van der Waals surface area contributed by atoms with Crippen molar-refractivity contribution in [2.45, 2.75) is 53.9 Å². The van der Waals surface area contributed by atoms with Crippen LogP contribution in [0.3, 0.4) is 0 Å². The molecular weight excluding hydrogens is 607 g/mol. The van der Waals surface area contributed by atoms with E-state index in [1.54, 1.807) is 20.0 Å². The molecule has 1 unspecified atom stereocenters. The number of fused-ring (bicyclic) bond motifs is 4. The van der Waals surface area contributed by atoms with Crippen LogP contribution in [0, 0.1) is 11.3 Å². The summed E-state index contributed by atoms with van der Waals surface area (Å²) in [6, 6.07) is 32.1. The number of rotatable bonds is 5. The van der Waals surface area contributed by atoms with E-state index in [9.17, 15) is 0 Å². The van der Waals surface area contributed by atoms with E-state index in [4.69, 9.17) is 0 Å². The van der Waals surface area contributed by atoms with Gasteiger partial charge in [-0.1, -0.05) is 0 Å². The third-order valence-electron chi connectivity index (χ3n) is 8.54. The molecular formula is C37H38Cl2Zr. The zero-order chi connectivity index (χ0) is 26.4. The normalized spacial score (nSPS) is 15.8. The minimum Gasteiger partial charge on any atom is -1.00 e. The van der Waals surface area contributed by atoms with E-state index >= 15 is 0 Å². The molecule has 0 N–H and O–H groups in total. The minimum absolute atomic E-state index is 0. The fraction of sp³-hybridized carbons (Fsp3) is 0.270. The van der Waals surface area contributed by atoms with Gasteiger partial charge < -0.3 is 24.8 Å². The van der Waals surface area contributed by atoms with Crippen LogP contribution < -0.4 is 28.1 Å². The van der Waals surface area contributed by atoms with E-state index < -0.39 is 21.3 Å². The Morgan fingerprint density at radius 1 is 0.800 bits per heavy atom. The van der Waals surface area contributed by atoms with E-state index in [1.807, 2.05) is 3.28 Å². The molecule has 0 bridgehead atoms. The summed E-state index contributed by atoms with van der Waals surface area (Å²) in [6.45, 7) is 12.0. The second-order valence-electron chi connectivity index (χ2n) is 11.9. The van der Waals surface area contributed by atoms with Crippen LogP contribution in [0.25, 0.3) is 21.9 Å². The van der Waals surface area contributed by atoms with Crippen molar-refractivity contribution in [2.24, 2.45) is 11.3 Å². The predicted octanol–water partition coefficient (Wildman–Crippen LogP) is 3.19. The van der Waals surface area contributed by atoms with Gasteiger partial charge in [-0.15, -0.1) is 0 Å². The van der Waals surface area contributed by atoms with Gasteiger partial charge in [0.2, 0.25) is 0 Å². The van der Waals surface area contributed by atoms with Gasteiger partial charge in [-0.05, 0) is 0 Å². The molecule has 0 aromatic heterocycles. The molecule has 3 heteroatoms. The van der Waals surface area contributed by atoms with Crippen molar-refractivity contribution in [3.63, 3.8) is 0 Å². The maximum absolute atomic E-state index is 2.79. The van der Waals surface area contributed by atoms with Gasteiger partial charge in [0.25, 0.3) is 0 Å². The van der Waals surface area contributed by atoms with Crippen molar-refractivity contribution >= 4 is 17.8 Å². The van der Waals surface area contributed by atoms with E-state index in [2.05, 4.69) is 129 Å². The van der Waals surface area contributed by atoms with Gasteiger partial charge in [-0.3, -0.25) is 0 Å². The first-order valence-corrected chi connectivity index (χ1v) is 18.1. The quantitative estimate of drug-likeness (QED) is 0.276. The Morgan fingerprint density at radius 2 is 1.48 bits per heavy atom. The van der Waals surface area contributed by atoms with Gasteiger partial charge in [0.1, 0.15) is 0 Å². The first-order valence-electron chi connectivity index (χ1n) is 14.3. The van der Waals surface area contributed by atoms with Gasteiger partial charge in [-0.2, -0.15) is 0 Å². The fourth-order valence-corrected chi connectivity index (χ4v) is 14.9. The number of halogens is 2. The topological polar surface area (TPSA) is 0 Å². The van der Waals surface area contributed by atoms with Crippen molar-refractivity contribution in [1.29, 1.82) is 0 Å². The van der Waals surface area contributed by atoms with Crippen molar-refractivity contribution in [1.82, 2.24) is 0 Å². The third kappa shape index (κ3) is 5.43. The Morgan fingerprint density at radius 3 is 2.23 bits per heavy atom.